The molecule has 0 aromatic heterocycles. The summed E-state index contributed by atoms with van der Waals surface area (Å²) in [6.45, 7) is 8.55. The van der Waals surface area contributed by atoms with Crippen LogP contribution in [0.3, 0.4) is 0 Å². The number of piperidine rings is 1. The quantitative estimate of drug-likeness (QED) is 0.673. The van der Waals surface area contributed by atoms with Gasteiger partial charge >= 0.3 is 0 Å². The molecule has 0 aliphatic carbocycles. The van der Waals surface area contributed by atoms with Gasteiger partial charge < -0.3 is 15.0 Å². The van der Waals surface area contributed by atoms with Gasteiger partial charge in [0, 0.05) is 32.2 Å². The second-order valence-electron chi connectivity index (χ2n) is 4.87. The predicted molar refractivity (Wildman–Crippen MR) is 73.6 cm³/mol. The van der Waals surface area contributed by atoms with E-state index in [9.17, 15) is 4.79 Å². The van der Waals surface area contributed by atoms with Crippen molar-refractivity contribution >= 4 is 5.91 Å². The molecule has 1 heterocycles. The lowest BCUT2D eigenvalue weighted by Crippen LogP contribution is -2.46. The molecule has 0 aromatic carbocycles. The third-order valence-electron chi connectivity index (χ3n) is 3.42. The minimum Gasteiger partial charge on any atom is -0.382 e. The van der Waals surface area contributed by atoms with E-state index < -0.39 is 0 Å². The van der Waals surface area contributed by atoms with Gasteiger partial charge in [0.05, 0.1) is 0 Å². The Kier molecular flexibility index (Phi) is 8.01. The van der Waals surface area contributed by atoms with Crippen molar-refractivity contribution in [1.29, 1.82) is 0 Å². The number of carbonyl (C=O) groups is 1. The summed E-state index contributed by atoms with van der Waals surface area (Å²) < 4.78 is 5.29. The monoisotopic (exact) mass is 256 g/mol. The highest BCUT2D eigenvalue weighted by molar-refractivity contribution is 5.76. The number of amides is 1. The Labute approximate surface area is 111 Å². The summed E-state index contributed by atoms with van der Waals surface area (Å²) in [7, 11) is 0. The van der Waals surface area contributed by atoms with Crippen LogP contribution in [-0.2, 0) is 9.53 Å². The van der Waals surface area contributed by atoms with E-state index in [-0.39, 0.29) is 0 Å². The molecule has 0 atom stereocenters. The second kappa shape index (κ2) is 9.34. The summed E-state index contributed by atoms with van der Waals surface area (Å²) in [5.41, 5.74) is 0. The van der Waals surface area contributed by atoms with Crippen molar-refractivity contribution in [1.82, 2.24) is 10.2 Å². The third-order valence-corrected chi connectivity index (χ3v) is 3.42. The first-order valence-corrected chi connectivity index (χ1v) is 7.37. The zero-order valence-electron chi connectivity index (χ0n) is 11.9. The maximum atomic E-state index is 12.2. The molecular formula is C14H28N2O2. The normalized spacial score (nSPS) is 16.8. The summed E-state index contributed by atoms with van der Waals surface area (Å²) in [5, 5.41) is 3.35. The van der Waals surface area contributed by atoms with Crippen LogP contribution in [0.2, 0.25) is 0 Å². The molecule has 18 heavy (non-hydrogen) atoms. The summed E-state index contributed by atoms with van der Waals surface area (Å²) in [6.07, 6.45) is 4.71. The minimum absolute atomic E-state index is 0.309. The van der Waals surface area contributed by atoms with Gasteiger partial charge in [-0.1, -0.05) is 6.92 Å². The third kappa shape index (κ3) is 5.36. The van der Waals surface area contributed by atoms with E-state index in [1.54, 1.807) is 0 Å². The van der Waals surface area contributed by atoms with E-state index in [2.05, 4.69) is 17.1 Å². The molecule has 0 unspecified atom stereocenters. The highest BCUT2D eigenvalue weighted by Crippen LogP contribution is 2.14. The molecule has 1 fully saturated rings. The van der Waals surface area contributed by atoms with Gasteiger partial charge in [-0.05, 0) is 45.7 Å². The molecule has 1 saturated heterocycles. The lowest BCUT2D eigenvalue weighted by molar-refractivity contribution is -0.134. The van der Waals surface area contributed by atoms with Crippen molar-refractivity contribution < 1.29 is 9.53 Å². The molecule has 1 rings (SSSR count). The van der Waals surface area contributed by atoms with E-state index in [1.165, 1.54) is 0 Å². The van der Waals surface area contributed by atoms with Crippen LogP contribution in [0.15, 0.2) is 0 Å². The average Bonchev–Trinajstić information content (AvgIpc) is 2.41. The smallest absolute Gasteiger partial charge is 0.222 e. The lowest BCUT2D eigenvalue weighted by Gasteiger charge is -2.34. The van der Waals surface area contributed by atoms with Crippen molar-refractivity contribution in [3.63, 3.8) is 0 Å². The first-order chi connectivity index (χ1) is 8.79. The van der Waals surface area contributed by atoms with Gasteiger partial charge in [-0.2, -0.15) is 0 Å². The molecule has 4 heteroatoms. The number of hydrogen-bond donors (Lipinski definition) is 1. The molecule has 0 bridgehead atoms. The number of carbonyl (C=O) groups excluding carboxylic acids is 1. The largest absolute Gasteiger partial charge is 0.382 e. The minimum atomic E-state index is 0.309. The number of rotatable bonds is 8. The van der Waals surface area contributed by atoms with Crippen LogP contribution in [-0.4, -0.2) is 49.7 Å². The number of ether oxygens (including phenoxy) is 1. The molecule has 0 spiro atoms. The Morgan fingerprint density at radius 2 is 2.06 bits per heavy atom. The van der Waals surface area contributed by atoms with Crippen LogP contribution in [0.5, 0.6) is 0 Å². The van der Waals surface area contributed by atoms with E-state index in [1.807, 2.05) is 6.92 Å². The molecule has 1 aliphatic heterocycles. The zero-order chi connectivity index (χ0) is 13.2. The fourth-order valence-electron chi connectivity index (χ4n) is 2.48. The molecule has 1 aliphatic rings. The van der Waals surface area contributed by atoms with Crippen molar-refractivity contribution in [3.05, 3.63) is 0 Å². The van der Waals surface area contributed by atoms with Gasteiger partial charge in [0.2, 0.25) is 5.91 Å². The van der Waals surface area contributed by atoms with Crippen LogP contribution in [0.4, 0.5) is 0 Å². The Bertz CT molecular complexity index is 228. The molecule has 0 aromatic rings. The molecular weight excluding hydrogens is 228 g/mol. The number of nitrogens with one attached hydrogen (secondary N) is 1. The first kappa shape index (κ1) is 15.4. The predicted octanol–water partition coefficient (Wildman–Crippen LogP) is 1.79. The maximum Gasteiger partial charge on any atom is 0.222 e. The SMILES string of the molecule is CCCN(C(=O)CCCOCC)C1CCNCC1. The Morgan fingerprint density at radius 3 is 2.67 bits per heavy atom. The summed E-state index contributed by atoms with van der Waals surface area (Å²) in [4.78, 5) is 14.3. The molecule has 1 N–H and O–H groups in total. The van der Waals surface area contributed by atoms with Crippen LogP contribution >= 0.6 is 0 Å². The first-order valence-electron chi connectivity index (χ1n) is 7.37. The van der Waals surface area contributed by atoms with Gasteiger partial charge in [-0.3, -0.25) is 4.79 Å². The summed E-state index contributed by atoms with van der Waals surface area (Å²) in [5.74, 6) is 0.309. The summed E-state index contributed by atoms with van der Waals surface area (Å²) >= 11 is 0. The van der Waals surface area contributed by atoms with Crippen LogP contribution in [0, 0.1) is 0 Å². The Balaban J connectivity index is 2.36. The maximum absolute atomic E-state index is 12.2. The fourth-order valence-corrected chi connectivity index (χ4v) is 2.48. The van der Waals surface area contributed by atoms with E-state index in [0.717, 1.165) is 51.9 Å². The molecule has 106 valence electrons. The zero-order valence-corrected chi connectivity index (χ0v) is 11.9. The number of nitrogens with zero attached hydrogens (tertiary/aromatic N) is 1. The highest BCUT2D eigenvalue weighted by Gasteiger charge is 2.23. The Morgan fingerprint density at radius 1 is 1.33 bits per heavy atom. The highest BCUT2D eigenvalue weighted by atomic mass is 16.5. The molecule has 0 saturated carbocycles. The van der Waals surface area contributed by atoms with Gasteiger partial charge in [0.25, 0.3) is 0 Å². The van der Waals surface area contributed by atoms with E-state index in [0.29, 0.717) is 25.0 Å². The van der Waals surface area contributed by atoms with Gasteiger partial charge in [-0.15, -0.1) is 0 Å². The molecule has 0 radical (unpaired) electrons. The molecule has 1 amide bonds. The van der Waals surface area contributed by atoms with Crippen molar-refractivity contribution in [2.75, 3.05) is 32.8 Å². The van der Waals surface area contributed by atoms with Gasteiger partial charge in [0.15, 0.2) is 0 Å². The standard InChI is InChI=1S/C14H28N2O2/c1-3-11-16(13-7-9-15-10-8-13)14(17)6-5-12-18-4-2/h13,15H,3-12H2,1-2H3. The van der Waals surface area contributed by atoms with Crippen LogP contribution < -0.4 is 5.32 Å². The second-order valence-corrected chi connectivity index (χ2v) is 4.87. The van der Waals surface area contributed by atoms with Gasteiger partial charge in [-0.25, -0.2) is 0 Å². The average molecular weight is 256 g/mol. The Hall–Kier alpha value is -0.610. The van der Waals surface area contributed by atoms with Gasteiger partial charge in [0.1, 0.15) is 0 Å². The van der Waals surface area contributed by atoms with E-state index >= 15 is 0 Å². The van der Waals surface area contributed by atoms with Crippen LogP contribution in [0.25, 0.3) is 0 Å². The lowest BCUT2D eigenvalue weighted by atomic mass is 10.0. The van der Waals surface area contributed by atoms with Crippen molar-refractivity contribution in [3.8, 4) is 0 Å². The fraction of sp³-hybridized carbons (Fsp3) is 0.929. The topological polar surface area (TPSA) is 41.6 Å². The van der Waals surface area contributed by atoms with Crippen LogP contribution in [0.1, 0.15) is 46.0 Å². The summed E-state index contributed by atoms with van der Waals surface area (Å²) in [6, 6.07) is 0.450. The van der Waals surface area contributed by atoms with Crippen molar-refractivity contribution in [2.24, 2.45) is 0 Å². The van der Waals surface area contributed by atoms with Crippen molar-refractivity contribution in [2.45, 2.75) is 52.0 Å². The number of hydrogen-bond acceptors (Lipinski definition) is 3. The molecule has 4 nitrogen and oxygen atoms in total. The van der Waals surface area contributed by atoms with E-state index in [4.69, 9.17) is 4.74 Å².